The van der Waals surface area contributed by atoms with Crippen molar-refractivity contribution in [3.8, 4) is 0 Å². The average Bonchev–Trinajstić information content (AvgIpc) is 2.31. The molecule has 0 aliphatic rings. The van der Waals surface area contributed by atoms with Crippen molar-refractivity contribution in [2.45, 2.75) is 40.2 Å². The molecule has 19 heavy (non-hydrogen) atoms. The Balaban J connectivity index is 2.84. The number of nitrogens with zero attached hydrogens (tertiary/aromatic N) is 1. The van der Waals surface area contributed by atoms with Crippen molar-refractivity contribution in [2.75, 3.05) is 11.9 Å². The van der Waals surface area contributed by atoms with Gasteiger partial charge < -0.3 is 10.2 Å². The van der Waals surface area contributed by atoms with E-state index in [9.17, 15) is 9.59 Å². The first kappa shape index (κ1) is 15.2. The van der Waals surface area contributed by atoms with Crippen molar-refractivity contribution in [3.05, 3.63) is 29.8 Å². The predicted octanol–water partition coefficient (Wildman–Crippen LogP) is 2.58. The number of carbonyl (C=O) groups is 2. The molecule has 0 bridgehead atoms. The maximum atomic E-state index is 12.2. The van der Waals surface area contributed by atoms with Gasteiger partial charge in [0, 0.05) is 17.8 Å². The molecular formula is C15H22N2O2. The maximum absolute atomic E-state index is 12.2. The molecule has 0 fully saturated rings. The first-order valence-electron chi connectivity index (χ1n) is 6.46. The Bertz CT molecular complexity index is 475. The van der Waals surface area contributed by atoms with E-state index in [1.165, 1.54) is 0 Å². The van der Waals surface area contributed by atoms with E-state index >= 15 is 0 Å². The zero-order valence-corrected chi connectivity index (χ0v) is 12.3. The molecule has 0 spiro atoms. The zero-order chi connectivity index (χ0) is 14.6. The van der Waals surface area contributed by atoms with Gasteiger partial charge in [-0.3, -0.25) is 9.59 Å². The first-order chi connectivity index (χ1) is 8.77. The summed E-state index contributed by atoms with van der Waals surface area (Å²) in [6, 6.07) is 7.39. The lowest BCUT2D eigenvalue weighted by molar-refractivity contribution is -0.146. The molecular weight excluding hydrogens is 240 g/mol. The lowest BCUT2D eigenvalue weighted by Crippen LogP contribution is -2.49. The van der Waals surface area contributed by atoms with Crippen molar-refractivity contribution >= 4 is 17.5 Å². The third-order valence-corrected chi connectivity index (χ3v) is 2.96. The fourth-order valence-corrected chi connectivity index (χ4v) is 1.93. The molecule has 0 unspecified atom stereocenters. The Morgan fingerprint density at radius 3 is 2.26 bits per heavy atom. The van der Waals surface area contributed by atoms with E-state index in [0.717, 1.165) is 5.56 Å². The van der Waals surface area contributed by atoms with Crippen LogP contribution < -0.4 is 5.32 Å². The van der Waals surface area contributed by atoms with Crippen LogP contribution in [0.3, 0.4) is 0 Å². The van der Waals surface area contributed by atoms with Gasteiger partial charge in [0.1, 0.15) is 0 Å². The first-order valence-corrected chi connectivity index (χ1v) is 6.46. The number of para-hydroxylation sites is 1. The summed E-state index contributed by atoms with van der Waals surface area (Å²) < 4.78 is 0. The summed E-state index contributed by atoms with van der Waals surface area (Å²) in [7, 11) is 0. The molecule has 1 aromatic rings. The molecule has 0 aliphatic heterocycles. The summed E-state index contributed by atoms with van der Waals surface area (Å²) in [5, 5.41) is 2.67. The van der Waals surface area contributed by atoms with Crippen LogP contribution in [-0.2, 0) is 9.59 Å². The number of carbonyl (C=O) groups excluding carboxylic acids is 2. The maximum Gasteiger partial charge on any atom is 0.313 e. The minimum absolute atomic E-state index is 0.366. The van der Waals surface area contributed by atoms with Crippen molar-refractivity contribution in [1.29, 1.82) is 0 Å². The number of benzene rings is 1. The number of aryl methyl sites for hydroxylation is 1. The number of anilines is 1. The van der Waals surface area contributed by atoms with Crippen LogP contribution in [0.15, 0.2) is 24.3 Å². The summed E-state index contributed by atoms with van der Waals surface area (Å²) in [6.45, 7) is 10.00. The molecule has 104 valence electrons. The second kappa shape index (κ2) is 5.87. The lowest BCUT2D eigenvalue weighted by Gasteiger charge is -2.34. The molecule has 1 aromatic carbocycles. The van der Waals surface area contributed by atoms with Crippen LogP contribution in [-0.4, -0.2) is 28.8 Å². The summed E-state index contributed by atoms with van der Waals surface area (Å²) in [4.78, 5) is 25.7. The molecule has 4 heteroatoms. The van der Waals surface area contributed by atoms with Gasteiger partial charge in [0.2, 0.25) is 0 Å². The van der Waals surface area contributed by atoms with E-state index in [4.69, 9.17) is 0 Å². The van der Waals surface area contributed by atoms with Gasteiger partial charge in [0.15, 0.2) is 0 Å². The molecule has 1 rings (SSSR count). The summed E-state index contributed by atoms with van der Waals surface area (Å²) in [5.74, 6) is -1.09. The predicted molar refractivity (Wildman–Crippen MR) is 76.9 cm³/mol. The van der Waals surface area contributed by atoms with Gasteiger partial charge >= 0.3 is 11.8 Å². The van der Waals surface area contributed by atoms with Crippen molar-refractivity contribution in [2.24, 2.45) is 0 Å². The number of rotatable bonds is 2. The smallest absolute Gasteiger partial charge is 0.313 e. The molecule has 0 heterocycles. The largest absolute Gasteiger partial charge is 0.330 e. The number of hydrogen-bond donors (Lipinski definition) is 1. The lowest BCUT2D eigenvalue weighted by atomic mass is 10.1. The average molecular weight is 262 g/mol. The normalized spacial score (nSPS) is 11.0. The van der Waals surface area contributed by atoms with Crippen LogP contribution in [0.1, 0.15) is 33.3 Å². The number of amides is 2. The Morgan fingerprint density at radius 1 is 1.21 bits per heavy atom. The number of hydrogen-bond acceptors (Lipinski definition) is 2. The molecule has 4 nitrogen and oxygen atoms in total. The minimum Gasteiger partial charge on any atom is -0.330 e. The van der Waals surface area contributed by atoms with Crippen molar-refractivity contribution in [1.82, 2.24) is 4.90 Å². The Kier molecular flexibility index (Phi) is 4.70. The zero-order valence-electron chi connectivity index (χ0n) is 12.3. The Hall–Kier alpha value is -1.84. The van der Waals surface area contributed by atoms with Crippen molar-refractivity contribution < 1.29 is 9.59 Å². The number of likely N-dealkylation sites (N-methyl/N-ethyl adjacent to an activating group) is 1. The van der Waals surface area contributed by atoms with E-state index < -0.39 is 11.8 Å². The highest BCUT2D eigenvalue weighted by atomic mass is 16.2. The second-order valence-electron chi connectivity index (χ2n) is 5.49. The van der Waals surface area contributed by atoms with Gasteiger partial charge in [0.25, 0.3) is 0 Å². The SMILES string of the molecule is CCN(C(=O)C(=O)Nc1ccccc1C)C(C)(C)C. The molecule has 0 aliphatic carbocycles. The van der Waals surface area contributed by atoms with Gasteiger partial charge in [-0.15, -0.1) is 0 Å². The number of nitrogens with one attached hydrogen (secondary N) is 1. The van der Waals surface area contributed by atoms with Gasteiger partial charge in [-0.25, -0.2) is 0 Å². The van der Waals surface area contributed by atoms with E-state index in [2.05, 4.69) is 5.32 Å². The fraction of sp³-hybridized carbons (Fsp3) is 0.467. The second-order valence-corrected chi connectivity index (χ2v) is 5.49. The van der Waals surface area contributed by atoms with Crippen LogP contribution >= 0.6 is 0 Å². The standard InChI is InChI=1S/C15H22N2O2/c1-6-17(15(3,4)5)14(19)13(18)16-12-10-8-7-9-11(12)2/h7-10H,6H2,1-5H3,(H,16,18). The molecule has 0 saturated carbocycles. The van der Waals surface area contributed by atoms with E-state index in [1.807, 2.05) is 52.8 Å². The molecule has 0 saturated heterocycles. The van der Waals surface area contributed by atoms with E-state index in [1.54, 1.807) is 11.0 Å². The molecule has 0 radical (unpaired) electrons. The minimum atomic E-state index is -0.592. The van der Waals surface area contributed by atoms with Crippen LogP contribution in [0.5, 0.6) is 0 Å². The van der Waals surface area contributed by atoms with Gasteiger partial charge in [0.05, 0.1) is 0 Å². The molecule has 0 atom stereocenters. The fourth-order valence-electron chi connectivity index (χ4n) is 1.93. The molecule has 1 N–H and O–H groups in total. The van der Waals surface area contributed by atoms with Crippen LogP contribution in [0.2, 0.25) is 0 Å². The summed E-state index contributed by atoms with van der Waals surface area (Å²) in [5.41, 5.74) is 1.24. The quantitative estimate of drug-likeness (QED) is 0.833. The summed E-state index contributed by atoms with van der Waals surface area (Å²) in [6.07, 6.45) is 0. The topological polar surface area (TPSA) is 49.4 Å². The van der Waals surface area contributed by atoms with Crippen LogP contribution in [0.4, 0.5) is 5.69 Å². The van der Waals surface area contributed by atoms with Gasteiger partial charge in [-0.2, -0.15) is 0 Å². The Morgan fingerprint density at radius 2 is 1.79 bits per heavy atom. The highest BCUT2D eigenvalue weighted by molar-refractivity contribution is 6.39. The van der Waals surface area contributed by atoms with E-state index in [-0.39, 0.29) is 5.54 Å². The third kappa shape index (κ3) is 3.81. The third-order valence-electron chi connectivity index (χ3n) is 2.96. The van der Waals surface area contributed by atoms with Crippen LogP contribution in [0, 0.1) is 6.92 Å². The monoisotopic (exact) mass is 262 g/mol. The van der Waals surface area contributed by atoms with Gasteiger partial charge in [-0.05, 0) is 46.2 Å². The summed E-state index contributed by atoms with van der Waals surface area (Å²) >= 11 is 0. The van der Waals surface area contributed by atoms with Crippen molar-refractivity contribution in [3.63, 3.8) is 0 Å². The Labute approximate surface area is 114 Å². The highest BCUT2D eigenvalue weighted by Gasteiger charge is 2.29. The van der Waals surface area contributed by atoms with Crippen LogP contribution in [0.25, 0.3) is 0 Å². The highest BCUT2D eigenvalue weighted by Crippen LogP contribution is 2.16. The van der Waals surface area contributed by atoms with Gasteiger partial charge in [-0.1, -0.05) is 18.2 Å². The molecule has 0 aromatic heterocycles. The molecule has 2 amide bonds. The van der Waals surface area contributed by atoms with E-state index in [0.29, 0.717) is 12.2 Å².